The average Bonchev–Trinajstić information content (AvgIpc) is 2.71. The summed E-state index contributed by atoms with van der Waals surface area (Å²) in [6, 6.07) is 21.1. The van der Waals surface area contributed by atoms with E-state index >= 15 is 0 Å². The summed E-state index contributed by atoms with van der Waals surface area (Å²) in [5, 5.41) is 0. The molecule has 0 heteroatoms. The molecule has 2 aromatic carbocycles. The Morgan fingerprint density at radius 3 is 0.826 bits per heavy atom. The van der Waals surface area contributed by atoms with Crippen LogP contribution >= 0.6 is 0 Å². The van der Waals surface area contributed by atoms with Crippen molar-refractivity contribution in [3.8, 4) is 0 Å². The molecule has 0 aliphatic rings. The Hall–Kier alpha value is -1.56. The largest absolute Gasteiger partial charge is 0.0683 e. The van der Waals surface area contributed by atoms with Gasteiger partial charge in [0.25, 0.3) is 0 Å². The van der Waals surface area contributed by atoms with E-state index in [1.807, 2.05) is 69.2 Å². The van der Waals surface area contributed by atoms with Gasteiger partial charge >= 0.3 is 0 Å². The van der Waals surface area contributed by atoms with Gasteiger partial charge in [0.05, 0.1) is 0 Å². The Bertz CT molecular complexity index is 311. The summed E-state index contributed by atoms with van der Waals surface area (Å²) >= 11 is 0. The van der Waals surface area contributed by atoms with Crippen LogP contribution in [0.5, 0.6) is 0 Å². The molecule has 0 aromatic heterocycles. The highest BCUT2D eigenvalue weighted by Gasteiger charge is 1.92. The van der Waals surface area contributed by atoms with E-state index in [9.17, 15) is 0 Å². The van der Waals surface area contributed by atoms with Gasteiger partial charge in [-0.15, -0.1) is 0 Å². The van der Waals surface area contributed by atoms with Crippen molar-refractivity contribution in [2.45, 2.75) is 75.7 Å². The molecule has 0 unspecified atom stereocenters. The first-order chi connectivity index (χ1) is 11.4. The molecule has 0 N–H and O–H groups in total. The molecule has 0 atom stereocenters. The zero-order chi connectivity index (χ0) is 18.9. The van der Waals surface area contributed by atoms with E-state index in [0.29, 0.717) is 0 Å². The SMILES string of the molecule is CC.CC.CC.CC.CC.c1ccc(Cc2ccccc2)cc1. The molecule has 0 nitrogen and oxygen atoms in total. The van der Waals surface area contributed by atoms with E-state index in [1.165, 1.54) is 11.1 Å². The van der Waals surface area contributed by atoms with Gasteiger partial charge in [0.15, 0.2) is 0 Å². The van der Waals surface area contributed by atoms with Gasteiger partial charge < -0.3 is 0 Å². The number of benzene rings is 2. The molecule has 0 radical (unpaired) electrons. The minimum atomic E-state index is 1.03. The molecule has 0 heterocycles. The third kappa shape index (κ3) is 20.4. The lowest BCUT2D eigenvalue weighted by Gasteiger charge is -2.00. The first-order valence-corrected chi connectivity index (χ1v) is 9.53. The molecule has 0 bridgehead atoms. The van der Waals surface area contributed by atoms with Gasteiger partial charge in [0, 0.05) is 0 Å². The van der Waals surface area contributed by atoms with E-state index in [0.717, 1.165) is 6.42 Å². The molecule has 0 spiro atoms. The minimum absolute atomic E-state index is 1.03. The topological polar surface area (TPSA) is 0 Å². The number of rotatable bonds is 2. The molecule has 0 fully saturated rings. The van der Waals surface area contributed by atoms with Crippen molar-refractivity contribution < 1.29 is 0 Å². The summed E-state index contributed by atoms with van der Waals surface area (Å²) in [5.74, 6) is 0. The first kappa shape index (κ1) is 29.5. The fourth-order valence-corrected chi connectivity index (χ4v) is 1.43. The van der Waals surface area contributed by atoms with Gasteiger partial charge in [-0.1, -0.05) is 130 Å². The predicted molar refractivity (Wildman–Crippen MR) is 112 cm³/mol. The van der Waals surface area contributed by atoms with Crippen LogP contribution < -0.4 is 0 Å². The third-order valence-electron chi connectivity index (χ3n) is 2.09. The van der Waals surface area contributed by atoms with Crippen LogP contribution in [0, 0.1) is 0 Å². The summed E-state index contributed by atoms with van der Waals surface area (Å²) in [7, 11) is 0. The second-order valence-corrected chi connectivity index (χ2v) is 3.15. The van der Waals surface area contributed by atoms with Crippen LogP contribution in [0.4, 0.5) is 0 Å². The maximum atomic E-state index is 2.16. The van der Waals surface area contributed by atoms with Gasteiger partial charge in [-0.25, -0.2) is 0 Å². The average molecular weight is 319 g/mol. The molecule has 23 heavy (non-hydrogen) atoms. The van der Waals surface area contributed by atoms with E-state index in [2.05, 4.69) is 60.7 Å². The monoisotopic (exact) mass is 318 g/mol. The molecule has 0 aliphatic heterocycles. The van der Waals surface area contributed by atoms with Crippen molar-refractivity contribution >= 4 is 0 Å². The van der Waals surface area contributed by atoms with Crippen LogP contribution in [-0.4, -0.2) is 0 Å². The minimum Gasteiger partial charge on any atom is -0.0683 e. The molecule has 134 valence electrons. The maximum Gasteiger partial charge on any atom is -0.00258 e. The highest BCUT2D eigenvalue weighted by atomic mass is 14.0. The highest BCUT2D eigenvalue weighted by Crippen LogP contribution is 2.07. The van der Waals surface area contributed by atoms with Gasteiger partial charge in [-0.2, -0.15) is 0 Å². The van der Waals surface area contributed by atoms with Crippen molar-refractivity contribution in [2.75, 3.05) is 0 Å². The Kier molecular flexibility index (Phi) is 41.5. The maximum absolute atomic E-state index is 2.16. The molecule has 0 amide bonds. The highest BCUT2D eigenvalue weighted by molar-refractivity contribution is 5.25. The fourth-order valence-electron chi connectivity index (χ4n) is 1.43. The Balaban J connectivity index is -0.000000156. The molecule has 2 aromatic rings. The Morgan fingerprint density at radius 2 is 0.609 bits per heavy atom. The lowest BCUT2D eigenvalue weighted by molar-refractivity contribution is 1.19. The summed E-state index contributed by atoms with van der Waals surface area (Å²) < 4.78 is 0. The van der Waals surface area contributed by atoms with Crippen LogP contribution in [0.2, 0.25) is 0 Å². The van der Waals surface area contributed by atoms with Crippen molar-refractivity contribution in [2.24, 2.45) is 0 Å². The van der Waals surface area contributed by atoms with Crippen molar-refractivity contribution in [1.82, 2.24) is 0 Å². The van der Waals surface area contributed by atoms with Gasteiger partial charge in [-0.3, -0.25) is 0 Å². The predicted octanol–water partition coefficient (Wildman–Crippen LogP) is 8.41. The van der Waals surface area contributed by atoms with Crippen LogP contribution in [-0.2, 0) is 6.42 Å². The van der Waals surface area contributed by atoms with Crippen LogP contribution in [0.1, 0.15) is 80.4 Å². The number of hydrogen-bond donors (Lipinski definition) is 0. The van der Waals surface area contributed by atoms with Gasteiger partial charge in [0.2, 0.25) is 0 Å². The molecular formula is C23H42. The van der Waals surface area contributed by atoms with E-state index in [1.54, 1.807) is 0 Å². The second-order valence-electron chi connectivity index (χ2n) is 3.15. The standard InChI is InChI=1S/C13H12.5C2H6/c1-3-7-12(8-4-1)11-13-9-5-2-6-10-13;5*1-2/h1-10H,11H2;5*1-2H3. The van der Waals surface area contributed by atoms with Crippen LogP contribution in [0.25, 0.3) is 0 Å². The quantitative estimate of drug-likeness (QED) is 0.521. The van der Waals surface area contributed by atoms with E-state index in [4.69, 9.17) is 0 Å². The van der Waals surface area contributed by atoms with Crippen LogP contribution in [0.15, 0.2) is 60.7 Å². The van der Waals surface area contributed by atoms with Crippen molar-refractivity contribution in [3.63, 3.8) is 0 Å². The first-order valence-electron chi connectivity index (χ1n) is 9.53. The van der Waals surface area contributed by atoms with Crippen molar-refractivity contribution in [1.29, 1.82) is 0 Å². The zero-order valence-electron chi connectivity index (χ0n) is 17.5. The van der Waals surface area contributed by atoms with E-state index in [-0.39, 0.29) is 0 Å². The van der Waals surface area contributed by atoms with Gasteiger partial charge in [0.1, 0.15) is 0 Å². The second kappa shape index (κ2) is 32.4. The van der Waals surface area contributed by atoms with Gasteiger partial charge in [-0.05, 0) is 17.5 Å². The lowest BCUT2D eigenvalue weighted by atomic mass is 10.1. The smallest absolute Gasteiger partial charge is 0.00258 e. The third-order valence-corrected chi connectivity index (χ3v) is 2.09. The fraction of sp³-hybridized carbons (Fsp3) is 0.478. The Morgan fingerprint density at radius 1 is 0.391 bits per heavy atom. The Labute approximate surface area is 148 Å². The van der Waals surface area contributed by atoms with Crippen molar-refractivity contribution in [3.05, 3.63) is 71.8 Å². The molecule has 0 saturated carbocycles. The summed E-state index contributed by atoms with van der Waals surface area (Å²) in [6.07, 6.45) is 1.03. The summed E-state index contributed by atoms with van der Waals surface area (Å²) in [5.41, 5.74) is 2.74. The lowest BCUT2D eigenvalue weighted by Crippen LogP contribution is -1.85. The molecule has 0 saturated heterocycles. The normalized spacial score (nSPS) is 6.87. The molecular weight excluding hydrogens is 276 g/mol. The zero-order valence-corrected chi connectivity index (χ0v) is 17.5. The summed E-state index contributed by atoms with van der Waals surface area (Å²) in [4.78, 5) is 0. The molecule has 0 aliphatic carbocycles. The summed E-state index contributed by atoms with van der Waals surface area (Å²) in [6.45, 7) is 20.0. The number of hydrogen-bond acceptors (Lipinski definition) is 0. The molecule has 2 rings (SSSR count). The van der Waals surface area contributed by atoms with E-state index < -0.39 is 0 Å². The van der Waals surface area contributed by atoms with Crippen LogP contribution in [0.3, 0.4) is 0 Å².